The van der Waals surface area contributed by atoms with Crippen molar-refractivity contribution in [3.05, 3.63) is 82.6 Å². The first kappa shape index (κ1) is 18.6. The van der Waals surface area contributed by atoms with E-state index in [2.05, 4.69) is 25.9 Å². The molecule has 5 nitrogen and oxygen atoms in total. The van der Waals surface area contributed by atoms with Crippen LogP contribution in [0.4, 0.5) is 5.13 Å². The van der Waals surface area contributed by atoms with Crippen molar-refractivity contribution in [2.24, 2.45) is 0 Å². The number of carbonyl (C=O) groups excluding carboxylic acids is 1. The third-order valence-electron chi connectivity index (χ3n) is 4.20. The Morgan fingerprint density at radius 3 is 2.68 bits per heavy atom. The van der Waals surface area contributed by atoms with Crippen LogP contribution < -0.4 is 9.64 Å². The van der Waals surface area contributed by atoms with Gasteiger partial charge in [0.05, 0.1) is 29.6 Å². The summed E-state index contributed by atoms with van der Waals surface area (Å²) in [6.07, 6.45) is 1.72. The van der Waals surface area contributed by atoms with E-state index in [0.29, 0.717) is 17.2 Å². The first-order chi connectivity index (χ1) is 13.6. The highest BCUT2D eigenvalue weighted by molar-refractivity contribution is 9.10. The van der Waals surface area contributed by atoms with Gasteiger partial charge < -0.3 is 4.74 Å². The van der Waals surface area contributed by atoms with Crippen molar-refractivity contribution >= 4 is 48.5 Å². The number of nitrogens with zero attached hydrogens (tertiary/aromatic N) is 3. The fourth-order valence-electron chi connectivity index (χ4n) is 2.77. The molecular formula is C21H16BrN3O2S. The second kappa shape index (κ2) is 8.08. The highest BCUT2D eigenvalue weighted by Gasteiger charge is 2.22. The van der Waals surface area contributed by atoms with Gasteiger partial charge in [0.2, 0.25) is 0 Å². The first-order valence-electron chi connectivity index (χ1n) is 8.56. The van der Waals surface area contributed by atoms with Crippen LogP contribution in [0.25, 0.3) is 10.2 Å². The van der Waals surface area contributed by atoms with Crippen LogP contribution in [0.1, 0.15) is 16.1 Å². The Bertz CT molecular complexity index is 1110. The van der Waals surface area contributed by atoms with Gasteiger partial charge in [-0.2, -0.15) is 0 Å². The molecule has 7 heteroatoms. The summed E-state index contributed by atoms with van der Waals surface area (Å²) in [6, 6.07) is 18.7. The highest BCUT2D eigenvalue weighted by Crippen LogP contribution is 2.32. The predicted octanol–water partition coefficient (Wildman–Crippen LogP) is 5.31. The average Bonchev–Trinajstić information content (AvgIpc) is 3.15. The molecule has 0 fully saturated rings. The lowest BCUT2D eigenvalue weighted by Crippen LogP contribution is -2.30. The summed E-state index contributed by atoms with van der Waals surface area (Å²) in [5.74, 6) is 0.615. The van der Waals surface area contributed by atoms with Crippen molar-refractivity contribution in [2.45, 2.75) is 6.54 Å². The van der Waals surface area contributed by atoms with Crippen LogP contribution in [-0.4, -0.2) is 23.0 Å². The molecule has 140 valence electrons. The van der Waals surface area contributed by atoms with E-state index >= 15 is 0 Å². The maximum Gasteiger partial charge on any atom is 0.260 e. The molecule has 4 rings (SSSR count). The zero-order chi connectivity index (χ0) is 19.5. The van der Waals surface area contributed by atoms with Crippen LogP contribution in [0.2, 0.25) is 0 Å². The van der Waals surface area contributed by atoms with Gasteiger partial charge in [0.1, 0.15) is 5.75 Å². The normalized spacial score (nSPS) is 10.8. The lowest BCUT2D eigenvalue weighted by Gasteiger charge is -2.19. The van der Waals surface area contributed by atoms with Crippen molar-refractivity contribution in [3.63, 3.8) is 0 Å². The molecule has 0 saturated carbocycles. The minimum Gasteiger partial charge on any atom is -0.497 e. The van der Waals surface area contributed by atoms with Crippen molar-refractivity contribution in [2.75, 3.05) is 12.0 Å². The number of aromatic nitrogens is 2. The monoisotopic (exact) mass is 453 g/mol. The quantitative estimate of drug-likeness (QED) is 0.410. The third-order valence-corrected chi connectivity index (χ3v) is 5.78. The third kappa shape index (κ3) is 3.90. The standard InChI is InChI=1S/C21H16BrN3O2S/c1-27-17-9-10-19-18(12-17)24-21(28-19)25(13-16-4-2-3-11-23-16)20(26)14-5-7-15(22)8-6-14/h2-12H,13H2,1H3. The number of methoxy groups -OCH3 is 1. The van der Waals surface area contributed by atoms with Gasteiger partial charge >= 0.3 is 0 Å². The molecule has 0 aliphatic carbocycles. The highest BCUT2D eigenvalue weighted by atomic mass is 79.9. The smallest absolute Gasteiger partial charge is 0.260 e. The lowest BCUT2D eigenvalue weighted by molar-refractivity contribution is 0.0985. The van der Waals surface area contributed by atoms with Crippen LogP contribution in [0, 0.1) is 0 Å². The molecule has 0 saturated heterocycles. The molecule has 0 bridgehead atoms. The lowest BCUT2D eigenvalue weighted by atomic mass is 10.2. The molecule has 28 heavy (non-hydrogen) atoms. The number of ether oxygens (including phenoxy) is 1. The molecular weight excluding hydrogens is 438 g/mol. The van der Waals surface area contributed by atoms with Crippen molar-refractivity contribution in [3.8, 4) is 5.75 Å². The number of halogens is 1. The van der Waals surface area contributed by atoms with Crippen LogP contribution >= 0.6 is 27.3 Å². The second-order valence-electron chi connectivity index (χ2n) is 6.05. The average molecular weight is 454 g/mol. The summed E-state index contributed by atoms with van der Waals surface area (Å²) < 4.78 is 7.20. The fourth-order valence-corrected chi connectivity index (χ4v) is 3.97. The Hall–Kier alpha value is -2.77. The Kier molecular flexibility index (Phi) is 5.36. The Morgan fingerprint density at radius 1 is 1.14 bits per heavy atom. The van der Waals surface area contributed by atoms with Crippen LogP contribution in [0.3, 0.4) is 0 Å². The molecule has 0 radical (unpaired) electrons. The number of benzene rings is 2. The molecule has 4 aromatic rings. The number of hydrogen-bond acceptors (Lipinski definition) is 5. The second-order valence-corrected chi connectivity index (χ2v) is 7.97. The van der Waals surface area contributed by atoms with E-state index in [-0.39, 0.29) is 5.91 Å². The molecule has 2 heterocycles. The predicted molar refractivity (Wildman–Crippen MR) is 115 cm³/mol. The first-order valence-corrected chi connectivity index (χ1v) is 10.2. The Labute approximate surface area is 174 Å². The number of thiazole rings is 1. The SMILES string of the molecule is COc1ccc2sc(N(Cc3ccccn3)C(=O)c3ccc(Br)cc3)nc2c1. The molecule has 0 aliphatic heterocycles. The van der Waals surface area contributed by atoms with E-state index in [1.54, 1.807) is 30.3 Å². The molecule has 0 N–H and O–H groups in total. The topological polar surface area (TPSA) is 55.3 Å². The summed E-state index contributed by atoms with van der Waals surface area (Å²) in [4.78, 5) is 24.0. The number of carbonyl (C=O) groups is 1. The van der Waals surface area contributed by atoms with Gasteiger partial charge in [0, 0.05) is 22.3 Å². The van der Waals surface area contributed by atoms with Crippen molar-refractivity contribution < 1.29 is 9.53 Å². The van der Waals surface area contributed by atoms with E-state index in [1.165, 1.54) is 11.3 Å². The number of pyridine rings is 1. The number of hydrogen-bond donors (Lipinski definition) is 0. The number of rotatable bonds is 5. The molecule has 0 spiro atoms. The van der Waals surface area contributed by atoms with Gasteiger partial charge in [0.15, 0.2) is 5.13 Å². The Balaban J connectivity index is 1.75. The zero-order valence-corrected chi connectivity index (χ0v) is 17.4. The van der Waals surface area contributed by atoms with Gasteiger partial charge in [-0.05, 0) is 48.5 Å². The van der Waals surface area contributed by atoms with Gasteiger partial charge in [-0.1, -0.05) is 33.3 Å². The largest absolute Gasteiger partial charge is 0.497 e. The number of amides is 1. The summed E-state index contributed by atoms with van der Waals surface area (Å²) in [5, 5.41) is 0.627. The van der Waals surface area contributed by atoms with Crippen molar-refractivity contribution in [1.82, 2.24) is 9.97 Å². The molecule has 0 unspecified atom stereocenters. The van der Waals surface area contributed by atoms with E-state index < -0.39 is 0 Å². The van der Waals surface area contributed by atoms with E-state index in [0.717, 1.165) is 26.1 Å². The molecule has 0 aliphatic rings. The Morgan fingerprint density at radius 2 is 1.96 bits per heavy atom. The van der Waals surface area contributed by atoms with Gasteiger partial charge in [0.25, 0.3) is 5.91 Å². The molecule has 1 amide bonds. The molecule has 2 aromatic carbocycles. The maximum absolute atomic E-state index is 13.3. The molecule has 0 atom stereocenters. The van der Waals surface area contributed by atoms with E-state index in [1.807, 2.05) is 48.5 Å². The zero-order valence-electron chi connectivity index (χ0n) is 15.0. The minimum atomic E-state index is -0.121. The number of anilines is 1. The van der Waals surface area contributed by atoms with E-state index in [4.69, 9.17) is 4.74 Å². The molecule has 2 aromatic heterocycles. The fraction of sp³-hybridized carbons (Fsp3) is 0.0952. The van der Waals surface area contributed by atoms with Crippen molar-refractivity contribution in [1.29, 1.82) is 0 Å². The minimum absolute atomic E-state index is 0.121. The van der Waals surface area contributed by atoms with Crippen LogP contribution in [0.5, 0.6) is 5.75 Å². The maximum atomic E-state index is 13.3. The van der Waals surface area contributed by atoms with Crippen LogP contribution in [-0.2, 0) is 6.54 Å². The van der Waals surface area contributed by atoms with Gasteiger partial charge in [-0.3, -0.25) is 14.7 Å². The summed E-state index contributed by atoms with van der Waals surface area (Å²) in [6.45, 7) is 0.340. The van der Waals surface area contributed by atoms with Gasteiger partial charge in [-0.25, -0.2) is 4.98 Å². The summed E-state index contributed by atoms with van der Waals surface area (Å²) in [7, 11) is 1.62. The van der Waals surface area contributed by atoms with Crippen LogP contribution in [0.15, 0.2) is 71.3 Å². The van der Waals surface area contributed by atoms with Gasteiger partial charge in [-0.15, -0.1) is 0 Å². The summed E-state index contributed by atoms with van der Waals surface area (Å²) >= 11 is 4.88. The number of fused-ring (bicyclic) bond motifs is 1. The van der Waals surface area contributed by atoms with E-state index in [9.17, 15) is 4.79 Å². The summed E-state index contributed by atoms with van der Waals surface area (Å²) in [5.41, 5.74) is 2.19.